The van der Waals surface area contributed by atoms with Gasteiger partial charge in [-0.1, -0.05) is 18.2 Å². The molecule has 1 fully saturated rings. The number of amides is 1. The molecular formula is C24H23F2N3O4. The molecular weight excluding hydrogens is 432 g/mol. The lowest BCUT2D eigenvalue weighted by molar-refractivity contribution is -0.132. The van der Waals surface area contributed by atoms with Crippen molar-refractivity contribution in [1.29, 1.82) is 5.26 Å². The highest BCUT2D eigenvalue weighted by molar-refractivity contribution is 5.94. The average molecular weight is 455 g/mol. The number of rotatable bonds is 5. The van der Waals surface area contributed by atoms with Gasteiger partial charge in [0, 0.05) is 25.1 Å². The Balaban J connectivity index is 1.44. The van der Waals surface area contributed by atoms with E-state index in [4.69, 9.17) is 9.47 Å². The Labute approximate surface area is 189 Å². The van der Waals surface area contributed by atoms with Crippen molar-refractivity contribution in [3.8, 4) is 17.2 Å². The van der Waals surface area contributed by atoms with Gasteiger partial charge in [-0.25, -0.2) is 13.6 Å². The van der Waals surface area contributed by atoms with E-state index in [2.05, 4.69) is 10.6 Å². The number of carbonyl (C=O) groups excluding carboxylic acids is 2. The second-order valence-electron chi connectivity index (χ2n) is 8.13. The van der Waals surface area contributed by atoms with E-state index in [0.717, 1.165) is 11.1 Å². The second-order valence-corrected chi connectivity index (χ2v) is 8.13. The summed E-state index contributed by atoms with van der Waals surface area (Å²) in [5, 5.41) is 14.8. The number of nitrogens with zero attached hydrogens (tertiary/aromatic N) is 1. The highest BCUT2D eigenvalue weighted by Gasteiger charge is 2.28. The summed E-state index contributed by atoms with van der Waals surface area (Å²) in [5.41, 5.74) is 2.87. The van der Waals surface area contributed by atoms with E-state index in [1.54, 1.807) is 37.3 Å². The summed E-state index contributed by atoms with van der Waals surface area (Å²) >= 11 is 0. The van der Waals surface area contributed by atoms with Crippen LogP contribution in [0.4, 0.5) is 8.78 Å². The lowest BCUT2D eigenvalue weighted by Gasteiger charge is -2.18. The van der Waals surface area contributed by atoms with Gasteiger partial charge >= 0.3 is 5.97 Å². The predicted octanol–water partition coefficient (Wildman–Crippen LogP) is 2.60. The van der Waals surface area contributed by atoms with Gasteiger partial charge in [-0.2, -0.15) is 5.26 Å². The number of hydrogen-bond donors (Lipinski definition) is 2. The minimum absolute atomic E-state index is 0.0379. The molecule has 2 aromatic rings. The number of carbonyl (C=O) groups is 2. The number of hydrogen-bond acceptors (Lipinski definition) is 6. The molecule has 1 amide bonds. The molecule has 33 heavy (non-hydrogen) atoms. The zero-order valence-electron chi connectivity index (χ0n) is 17.9. The van der Waals surface area contributed by atoms with Crippen LogP contribution < -0.4 is 10.6 Å². The van der Waals surface area contributed by atoms with E-state index >= 15 is 0 Å². The van der Waals surface area contributed by atoms with Gasteiger partial charge in [-0.05, 0) is 41.8 Å². The lowest BCUT2D eigenvalue weighted by atomic mass is 9.96. The minimum Gasteiger partial charge on any atom is -0.454 e. The number of ether oxygens (including phenoxy) is 2. The smallest absolute Gasteiger partial charge is 0.339 e. The number of fused-ring (bicyclic) bond motifs is 1. The van der Waals surface area contributed by atoms with E-state index in [9.17, 15) is 23.6 Å². The fourth-order valence-electron chi connectivity index (χ4n) is 3.94. The van der Waals surface area contributed by atoms with Crippen molar-refractivity contribution < 1.29 is 27.8 Å². The van der Waals surface area contributed by atoms with E-state index < -0.39 is 30.0 Å². The van der Waals surface area contributed by atoms with Crippen LogP contribution in [0.15, 0.2) is 36.4 Å². The molecule has 2 heterocycles. The third-order valence-corrected chi connectivity index (χ3v) is 5.74. The zero-order chi connectivity index (χ0) is 23.5. The number of nitriles is 1. The minimum atomic E-state index is -1.20. The SMILES string of the molecule is C[C@H]1OC(=O)c2ccc(-c3ccc(C[C@@H](C#N)NC(=O)[C@@H]4CNC[C@@H](F)CO4)c(F)c3)cc21. The Morgan fingerprint density at radius 1 is 1.27 bits per heavy atom. The van der Waals surface area contributed by atoms with E-state index in [0.29, 0.717) is 11.1 Å². The third kappa shape index (κ3) is 5.02. The molecule has 0 radical (unpaired) electrons. The molecule has 1 saturated heterocycles. The first-order valence-electron chi connectivity index (χ1n) is 10.7. The highest BCUT2D eigenvalue weighted by atomic mass is 19.1. The van der Waals surface area contributed by atoms with Crippen LogP contribution in [-0.4, -0.2) is 49.9 Å². The second kappa shape index (κ2) is 9.65. The van der Waals surface area contributed by atoms with Crippen LogP contribution in [0.25, 0.3) is 11.1 Å². The molecule has 4 rings (SSSR count). The van der Waals surface area contributed by atoms with E-state index in [1.807, 2.05) is 6.07 Å². The Morgan fingerprint density at radius 3 is 2.79 bits per heavy atom. The summed E-state index contributed by atoms with van der Waals surface area (Å²) in [6, 6.07) is 10.8. The molecule has 0 aliphatic carbocycles. The molecule has 0 spiro atoms. The standard InChI is InChI=1S/C24H23F2N3O4/c1-13-20-7-14(4-5-19(20)24(31)33-13)15-2-3-16(21(26)8-15)6-18(9-27)29-23(30)22-11-28-10-17(25)12-32-22/h2-5,7-8,13,17-18,22,28H,6,10-12H2,1H3,(H,29,30)/t13-,17-,18+,22+/m1/s1. The monoisotopic (exact) mass is 455 g/mol. The summed E-state index contributed by atoms with van der Waals surface area (Å²) in [4.78, 5) is 24.2. The summed E-state index contributed by atoms with van der Waals surface area (Å²) in [6.45, 7) is 1.79. The van der Waals surface area contributed by atoms with Crippen LogP contribution in [0.3, 0.4) is 0 Å². The van der Waals surface area contributed by atoms with Crippen molar-refractivity contribution in [2.75, 3.05) is 19.7 Å². The maximum absolute atomic E-state index is 14.9. The molecule has 2 N–H and O–H groups in total. The van der Waals surface area contributed by atoms with Crippen LogP contribution in [-0.2, 0) is 20.7 Å². The van der Waals surface area contributed by atoms with Crippen molar-refractivity contribution in [2.45, 2.75) is 37.8 Å². The largest absolute Gasteiger partial charge is 0.454 e. The predicted molar refractivity (Wildman–Crippen MR) is 114 cm³/mol. The number of benzene rings is 2. The quantitative estimate of drug-likeness (QED) is 0.673. The van der Waals surface area contributed by atoms with Gasteiger partial charge in [0.15, 0.2) is 0 Å². The van der Waals surface area contributed by atoms with Gasteiger partial charge in [0.2, 0.25) is 0 Å². The molecule has 7 nitrogen and oxygen atoms in total. The zero-order valence-corrected chi connectivity index (χ0v) is 17.9. The van der Waals surface area contributed by atoms with Crippen LogP contribution in [0.2, 0.25) is 0 Å². The Hall–Kier alpha value is -3.35. The number of alkyl halides is 1. The third-order valence-electron chi connectivity index (χ3n) is 5.74. The maximum Gasteiger partial charge on any atom is 0.339 e. The Morgan fingerprint density at radius 2 is 2.03 bits per heavy atom. The van der Waals surface area contributed by atoms with Crippen LogP contribution in [0.5, 0.6) is 0 Å². The van der Waals surface area contributed by atoms with Crippen molar-refractivity contribution in [3.63, 3.8) is 0 Å². The summed E-state index contributed by atoms with van der Waals surface area (Å²) in [5.74, 6) is -1.44. The summed E-state index contributed by atoms with van der Waals surface area (Å²) in [7, 11) is 0. The highest BCUT2D eigenvalue weighted by Crippen LogP contribution is 2.34. The molecule has 4 atom stereocenters. The van der Waals surface area contributed by atoms with Crippen molar-refractivity contribution in [2.24, 2.45) is 0 Å². The molecule has 0 saturated carbocycles. The van der Waals surface area contributed by atoms with Crippen LogP contribution in [0.1, 0.15) is 34.5 Å². The molecule has 2 aliphatic heterocycles. The summed E-state index contributed by atoms with van der Waals surface area (Å²) in [6.07, 6.45) is -2.53. The van der Waals surface area contributed by atoms with Gasteiger partial charge in [0.25, 0.3) is 5.91 Å². The molecule has 172 valence electrons. The molecule has 0 bridgehead atoms. The Bertz CT molecular complexity index is 1120. The molecule has 0 unspecified atom stereocenters. The van der Waals surface area contributed by atoms with Gasteiger partial charge in [0.1, 0.15) is 30.2 Å². The lowest BCUT2D eigenvalue weighted by Crippen LogP contribution is -2.46. The van der Waals surface area contributed by atoms with Crippen molar-refractivity contribution in [1.82, 2.24) is 10.6 Å². The van der Waals surface area contributed by atoms with E-state index in [1.165, 1.54) is 6.07 Å². The maximum atomic E-state index is 14.9. The first-order valence-corrected chi connectivity index (χ1v) is 10.7. The number of cyclic esters (lactones) is 1. The van der Waals surface area contributed by atoms with Gasteiger partial charge in [-0.15, -0.1) is 0 Å². The van der Waals surface area contributed by atoms with Crippen LogP contribution >= 0.6 is 0 Å². The van der Waals surface area contributed by atoms with Crippen molar-refractivity contribution >= 4 is 11.9 Å². The fraction of sp³-hybridized carbons (Fsp3) is 0.375. The first kappa shape index (κ1) is 22.8. The van der Waals surface area contributed by atoms with Gasteiger partial charge < -0.3 is 20.1 Å². The van der Waals surface area contributed by atoms with E-state index in [-0.39, 0.29) is 43.8 Å². The number of halogens is 2. The molecule has 2 aliphatic rings. The molecule has 0 aromatic heterocycles. The molecule has 2 aromatic carbocycles. The topological polar surface area (TPSA) is 100 Å². The fourth-order valence-corrected chi connectivity index (χ4v) is 3.94. The van der Waals surface area contributed by atoms with Crippen molar-refractivity contribution in [3.05, 3.63) is 58.9 Å². The first-order chi connectivity index (χ1) is 15.9. The summed E-state index contributed by atoms with van der Waals surface area (Å²) < 4.78 is 38.7. The average Bonchev–Trinajstić information content (AvgIpc) is 2.95. The molecule has 9 heteroatoms. The van der Waals surface area contributed by atoms with Crippen LogP contribution in [0, 0.1) is 17.1 Å². The Kier molecular flexibility index (Phi) is 6.67. The number of nitrogens with one attached hydrogen (secondary N) is 2. The van der Waals surface area contributed by atoms with Gasteiger partial charge in [-0.3, -0.25) is 4.79 Å². The van der Waals surface area contributed by atoms with Gasteiger partial charge in [0.05, 0.1) is 18.2 Å². The number of esters is 1. The normalized spacial score (nSPS) is 23.1.